The smallest absolute Gasteiger partial charge is 0.306 e. The topological polar surface area (TPSA) is 288 Å². The molecule has 8 atom stereocenters. The van der Waals surface area contributed by atoms with Gasteiger partial charge in [0.1, 0.15) is 37.6 Å². The molecular weight excluding hydrogens is 1340 g/mol. The van der Waals surface area contributed by atoms with E-state index >= 15 is 0 Å². The molecule has 18 heteroatoms. The Labute approximate surface area is 651 Å². The molecule has 3 aliphatic heterocycles. The van der Waals surface area contributed by atoms with E-state index in [0.717, 1.165) is 96.3 Å². The van der Waals surface area contributed by atoms with Crippen molar-refractivity contribution in [3.63, 3.8) is 0 Å². The molecule has 0 aromatic carbocycles. The maximum absolute atomic E-state index is 11.5. The van der Waals surface area contributed by atoms with Crippen molar-refractivity contribution in [1.29, 1.82) is 0 Å². The van der Waals surface area contributed by atoms with E-state index in [1.54, 1.807) is 0 Å². The minimum atomic E-state index is -0.971. The van der Waals surface area contributed by atoms with Crippen molar-refractivity contribution >= 4 is 17.9 Å². The van der Waals surface area contributed by atoms with Crippen LogP contribution in [-0.2, 0) is 47.5 Å². The second-order valence-corrected chi connectivity index (χ2v) is 28.8. The molecule has 3 fully saturated rings. The summed E-state index contributed by atoms with van der Waals surface area (Å²) in [6.07, 6.45) is 74.0. The van der Waals surface area contributed by atoms with Gasteiger partial charge in [-0.25, -0.2) is 0 Å². The van der Waals surface area contributed by atoms with Crippen LogP contribution in [0.3, 0.4) is 0 Å². The molecule has 634 valence electrons. The van der Waals surface area contributed by atoms with Gasteiger partial charge in [-0.05, 0) is 109 Å². The normalized spacial score (nSPS) is 17.4. The van der Waals surface area contributed by atoms with E-state index < -0.39 is 24.4 Å². The van der Waals surface area contributed by atoms with Crippen molar-refractivity contribution in [2.45, 2.75) is 452 Å². The van der Waals surface area contributed by atoms with Crippen LogP contribution in [0, 0.1) is 0 Å². The highest BCUT2D eigenvalue weighted by Gasteiger charge is 2.47. The van der Waals surface area contributed by atoms with Gasteiger partial charge in [0.2, 0.25) is 0 Å². The van der Waals surface area contributed by atoms with Crippen LogP contribution >= 0.6 is 0 Å². The molecule has 0 bridgehead atoms. The SMILES string of the molecule is C.C.C.C.CCCCC/C=C/C/C=C/CCCCCCCC(=O)OCC(O)CO.CCCCCC1OC1CC1OC1CCCCCCCC(=O)OCC(O)CO.CCCCCCCC/C=C/CCCCCCCC(=O)OC(CO)CO.CCCCCCCCC1OC1CCCCCCCCOC(CO)CO. The summed E-state index contributed by atoms with van der Waals surface area (Å²) < 4.78 is 37.3. The van der Waals surface area contributed by atoms with E-state index in [2.05, 4.69) is 64.2 Å². The second kappa shape index (κ2) is 86.1. The number of hydrogen-bond donors (Lipinski definition) is 8. The molecule has 8 unspecified atom stereocenters. The Morgan fingerprint density at radius 2 is 0.594 bits per heavy atom. The van der Waals surface area contributed by atoms with Crippen molar-refractivity contribution in [2.24, 2.45) is 0 Å². The van der Waals surface area contributed by atoms with Gasteiger partial charge in [0.15, 0.2) is 0 Å². The Morgan fingerprint density at radius 1 is 0.321 bits per heavy atom. The quantitative estimate of drug-likeness (QED) is 0.00923. The molecule has 0 saturated carbocycles. The zero-order valence-electron chi connectivity index (χ0n) is 65.5. The number of ether oxygens (including phenoxy) is 7. The third kappa shape index (κ3) is 77.9. The number of aliphatic hydroxyl groups excluding tert-OH is 8. The molecule has 8 N–H and O–H groups in total. The summed E-state index contributed by atoms with van der Waals surface area (Å²) in [6, 6.07) is 0. The number of esters is 3. The maximum Gasteiger partial charge on any atom is 0.306 e. The van der Waals surface area contributed by atoms with Gasteiger partial charge in [-0.15, -0.1) is 0 Å². The molecule has 0 radical (unpaired) electrons. The highest BCUT2D eigenvalue weighted by atomic mass is 16.6. The van der Waals surface area contributed by atoms with Gasteiger partial charge >= 0.3 is 17.9 Å². The van der Waals surface area contributed by atoms with E-state index in [4.69, 9.17) is 74.0 Å². The highest BCUT2D eigenvalue weighted by molar-refractivity contribution is 5.70. The van der Waals surface area contributed by atoms with Gasteiger partial charge in [0.25, 0.3) is 0 Å². The molecule has 106 heavy (non-hydrogen) atoms. The number of epoxide rings is 3. The van der Waals surface area contributed by atoms with Crippen molar-refractivity contribution in [3.05, 3.63) is 36.5 Å². The van der Waals surface area contributed by atoms with E-state index in [9.17, 15) is 14.4 Å². The number of rotatable bonds is 71. The Balaban J connectivity index is -0.000000423. The lowest BCUT2D eigenvalue weighted by atomic mass is 10.0. The van der Waals surface area contributed by atoms with Crippen LogP contribution in [0.25, 0.3) is 0 Å². The van der Waals surface area contributed by atoms with Gasteiger partial charge in [0, 0.05) is 32.3 Å². The summed E-state index contributed by atoms with van der Waals surface area (Å²) in [4.78, 5) is 34.3. The molecule has 3 heterocycles. The number of carbonyl (C=O) groups is 3. The van der Waals surface area contributed by atoms with Crippen LogP contribution in [0.4, 0.5) is 0 Å². The molecule has 0 aliphatic carbocycles. The Bertz CT molecular complexity index is 1880. The molecule has 18 nitrogen and oxygen atoms in total. The van der Waals surface area contributed by atoms with Gasteiger partial charge in [-0.3, -0.25) is 14.4 Å². The molecule has 0 aromatic heterocycles. The summed E-state index contributed by atoms with van der Waals surface area (Å²) in [5, 5.41) is 70.9. The van der Waals surface area contributed by atoms with Crippen molar-refractivity contribution < 1.29 is 88.4 Å². The molecule has 3 rings (SSSR count). The van der Waals surface area contributed by atoms with Crippen molar-refractivity contribution in [2.75, 3.05) is 59.5 Å². The number of allylic oxidation sites excluding steroid dienone is 6. The molecule has 0 aromatic rings. The number of carbonyl (C=O) groups excluding carboxylic acids is 3. The van der Waals surface area contributed by atoms with Crippen molar-refractivity contribution in [3.8, 4) is 0 Å². The molecule has 0 amide bonds. The van der Waals surface area contributed by atoms with Gasteiger partial charge in [-0.1, -0.05) is 293 Å². The predicted octanol–water partition coefficient (Wildman–Crippen LogP) is 19.9. The average Bonchev–Trinajstić information content (AvgIpc) is 1.65. The van der Waals surface area contributed by atoms with E-state index in [-0.39, 0.29) is 100 Å². The largest absolute Gasteiger partial charge is 0.463 e. The van der Waals surface area contributed by atoms with Gasteiger partial charge in [-0.2, -0.15) is 0 Å². The summed E-state index contributed by atoms with van der Waals surface area (Å²) >= 11 is 0. The standard InChI is InChI=1S/C21H38O6.C21H42O4.C21H38O4.C21H40O4.4CH4/c1-2-3-7-10-17-19(26-17)13-20-18(27-20)11-8-5-4-6-9-12-21(24)25-15-16(23)14-22;1-2-3-4-5-8-11-14-20-21(25-20)15-12-9-6-7-10-13-16-24-19(17-22)18-23;1-2-3-4-5-6-7-8-9-10-11-12-13-14-15-16-17-21(24)25-19-20(23)18-22;1-2-3-4-5-6-7-8-9-10-11-12-13-14-15-16-17-21(24)25-20(18-22)19-23;;;;/h16-20,22-23H,2-15H2,1H3;19-23H,2-18H2,1H3;6-7,9-10,20,22-23H,2-5,8,11-19H2,1H3;9-10,20,22-23H,2-8,11-19H2,1H3;4*1H4/b;;7-6+,10-9+;10-9+;;;;. The van der Waals surface area contributed by atoms with Crippen molar-refractivity contribution in [1.82, 2.24) is 0 Å². The van der Waals surface area contributed by atoms with Crippen LogP contribution in [-0.4, -0.2) is 179 Å². The summed E-state index contributed by atoms with van der Waals surface area (Å²) in [7, 11) is 0. The van der Waals surface area contributed by atoms with Crippen LogP contribution < -0.4 is 0 Å². The Morgan fingerprint density at radius 3 is 0.962 bits per heavy atom. The lowest BCUT2D eigenvalue weighted by Crippen LogP contribution is -2.25. The minimum Gasteiger partial charge on any atom is -0.463 e. The third-order valence-corrected chi connectivity index (χ3v) is 18.9. The lowest BCUT2D eigenvalue weighted by Gasteiger charge is -2.12. The van der Waals surface area contributed by atoms with Gasteiger partial charge in [0.05, 0.1) is 76.3 Å². The van der Waals surface area contributed by atoms with E-state index in [1.807, 2.05) is 0 Å². The van der Waals surface area contributed by atoms with E-state index in [1.165, 1.54) is 218 Å². The average molecular weight is 1520 g/mol. The highest BCUT2D eigenvalue weighted by Crippen LogP contribution is 2.39. The fourth-order valence-electron chi connectivity index (χ4n) is 12.1. The van der Waals surface area contributed by atoms with Gasteiger partial charge < -0.3 is 74.0 Å². The third-order valence-electron chi connectivity index (χ3n) is 18.9. The molecular formula is C88H174O18. The van der Waals surface area contributed by atoms with E-state index in [0.29, 0.717) is 62.5 Å². The summed E-state index contributed by atoms with van der Waals surface area (Å²) in [5.41, 5.74) is 0. The first kappa shape index (κ1) is 112. The first-order valence-electron chi connectivity index (χ1n) is 41.9. The van der Waals surface area contributed by atoms with Crippen LogP contribution in [0.15, 0.2) is 36.5 Å². The number of unbranched alkanes of at least 4 members (excludes halogenated alkanes) is 35. The van der Waals surface area contributed by atoms with Crippen LogP contribution in [0.1, 0.15) is 391 Å². The molecule has 0 spiro atoms. The Kier molecular flexibility index (Phi) is 90.8. The zero-order valence-corrected chi connectivity index (χ0v) is 65.5. The first-order valence-corrected chi connectivity index (χ1v) is 41.9. The summed E-state index contributed by atoms with van der Waals surface area (Å²) in [6.45, 7) is 7.78. The monoisotopic (exact) mass is 1520 g/mol. The minimum absolute atomic E-state index is 0. The molecule has 3 aliphatic rings. The lowest BCUT2D eigenvalue weighted by molar-refractivity contribution is -0.153. The number of aliphatic hydroxyl groups is 8. The fraction of sp³-hybridized carbons (Fsp3) is 0.898. The first-order chi connectivity index (χ1) is 49.9. The van der Waals surface area contributed by atoms with Crippen LogP contribution in [0.5, 0.6) is 0 Å². The fourth-order valence-corrected chi connectivity index (χ4v) is 12.1. The second-order valence-electron chi connectivity index (χ2n) is 28.8. The maximum atomic E-state index is 11.5. The Hall–Kier alpha value is -2.85. The zero-order chi connectivity index (χ0) is 74.8. The predicted molar refractivity (Wildman–Crippen MR) is 439 cm³/mol. The summed E-state index contributed by atoms with van der Waals surface area (Å²) in [5.74, 6) is -0.920. The molecule has 3 saturated heterocycles. The number of hydrogen-bond acceptors (Lipinski definition) is 18. The van der Waals surface area contributed by atoms with Crippen LogP contribution in [0.2, 0.25) is 0 Å².